The van der Waals surface area contributed by atoms with Gasteiger partial charge >= 0.3 is 0 Å². The summed E-state index contributed by atoms with van der Waals surface area (Å²) in [6.07, 6.45) is 0.960. The number of guanidine groups is 1. The molecule has 1 unspecified atom stereocenters. The molecule has 0 fully saturated rings. The predicted octanol–water partition coefficient (Wildman–Crippen LogP) is 3.41. The van der Waals surface area contributed by atoms with Crippen LogP contribution in [0.2, 0.25) is 0 Å². The van der Waals surface area contributed by atoms with Crippen molar-refractivity contribution in [3.8, 4) is 0 Å². The predicted molar refractivity (Wildman–Crippen MR) is 96.7 cm³/mol. The molecule has 4 N–H and O–H groups in total. The van der Waals surface area contributed by atoms with Gasteiger partial charge in [0.2, 0.25) is 0 Å². The summed E-state index contributed by atoms with van der Waals surface area (Å²) < 4.78 is 12.9. The van der Waals surface area contributed by atoms with Crippen LogP contribution in [0.4, 0.5) is 10.1 Å². The largest absolute Gasteiger partial charge is 0.386 e. The van der Waals surface area contributed by atoms with E-state index in [1.165, 1.54) is 23.3 Å². The Kier molecular flexibility index (Phi) is 6.32. The van der Waals surface area contributed by atoms with Crippen LogP contribution in [0.5, 0.6) is 0 Å². The number of para-hydroxylation sites is 1. The zero-order valence-electron chi connectivity index (χ0n) is 14.1. The highest BCUT2D eigenvalue weighted by Gasteiger charge is 2.09. The number of halogens is 1. The van der Waals surface area contributed by atoms with Gasteiger partial charge in [-0.2, -0.15) is 0 Å². The van der Waals surface area contributed by atoms with E-state index in [0.717, 1.165) is 18.5 Å². The summed E-state index contributed by atoms with van der Waals surface area (Å²) in [6, 6.07) is 11.9. The van der Waals surface area contributed by atoms with Gasteiger partial charge in [-0.25, -0.2) is 4.39 Å². The van der Waals surface area contributed by atoms with Crippen LogP contribution in [0, 0.1) is 5.82 Å². The maximum absolute atomic E-state index is 12.9. The maximum Gasteiger partial charge on any atom is 0.193 e. The number of benzene rings is 2. The first-order valence-electron chi connectivity index (χ1n) is 8.16. The molecule has 5 heteroatoms. The van der Waals surface area contributed by atoms with Gasteiger partial charge in [0.15, 0.2) is 5.96 Å². The monoisotopic (exact) mass is 329 g/mol. The van der Waals surface area contributed by atoms with Crippen LogP contribution in [-0.4, -0.2) is 17.6 Å². The van der Waals surface area contributed by atoms with E-state index in [9.17, 15) is 9.50 Å². The molecule has 0 amide bonds. The number of aryl methyl sites for hydroxylation is 2. The number of aliphatic imine (C=N–C) groups is 1. The van der Waals surface area contributed by atoms with E-state index in [0.29, 0.717) is 5.56 Å². The van der Waals surface area contributed by atoms with Crippen molar-refractivity contribution in [1.82, 2.24) is 0 Å². The second kappa shape index (κ2) is 8.45. The highest BCUT2D eigenvalue weighted by Crippen LogP contribution is 2.22. The fraction of sp³-hybridized carbons (Fsp3) is 0.316. The standard InChI is InChI=1S/C19H24FN3O/c1-3-13-6-5-7-14(4-2)18(13)23-19(21)22-12-17(24)15-8-10-16(20)11-9-15/h5-11,17,24H,3-4,12H2,1-2H3,(H3,21,22,23). The van der Waals surface area contributed by atoms with Crippen molar-refractivity contribution in [3.63, 3.8) is 0 Å². The Morgan fingerprint density at radius 2 is 1.71 bits per heavy atom. The number of nitrogens with zero attached hydrogens (tertiary/aromatic N) is 1. The molecule has 0 aliphatic heterocycles. The van der Waals surface area contributed by atoms with E-state index in [1.54, 1.807) is 12.1 Å². The molecule has 2 aromatic carbocycles. The molecule has 1 atom stereocenters. The number of nitrogens with two attached hydrogens (primary N) is 1. The third-order valence-electron chi connectivity index (χ3n) is 3.94. The Morgan fingerprint density at radius 1 is 1.12 bits per heavy atom. The second-order valence-electron chi connectivity index (χ2n) is 5.58. The van der Waals surface area contributed by atoms with Crippen molar-refractivity contribution >= 4 is 11.6 Å². The van der Waals surface area contributed by atoms with Crippen molar-refractivity contribution < 1.29 is 9.50 Å². The minimum atomic E-state index is -0.821. The van der Waals surface area contributed by atoms with E-state index in [4.69, 9.17) is 5.73 Å². The van der Waals surface area contributed by atoms with Crippen molar-refractivity contribution in [3.05, 3.63) is 65.0 Å². The number of hydrogen-bond donors (Lipinski definition) is 3. The van der Waals surface area contributed by atoms with Crippen LogP contribution in [0.15, 0.2) is 47.5 Å². The van der Waals surface area contributed by atoms with E-state index >= 15 is 0 Å². The number of nitrogens with one attached hydrogen (secondary N) is 1. The Morgan fingerprint density at radius 3 is 2.25 bits per heavy atom. The van der Waals surface area contributed by atoms with Gasteiger partial charge in [-0.05, 0) is 41.7 Å². The number of anilines is 1. The number of aliphatic hydroxyl groups is 1. The summed E-state index contributed by atoms with van der Waals surface area (Å²) in [7, 11) is 0. The second-order valence-corrected chi connectivity index (χ2v) is 5.58. The summed E-state index contributed by atoms with van der Waals surface area (Å²) in [5, 5.41) is 13.3. The molecule has 4 nitrogen and oxygen atoms in total. The Labute approximate surface area is 142 Å². The first-order valence-corrected chi connectivity index (χ1v) is 8.16. The lowest BCUT2D eigenvalue weighted by atomic mass is 10.0. The van der Waals surface area contributed by atoms with Crippen molar-refractivity contribution in [1.29, 1.82) is 0 Å². The summed E-state index contributed by atoms with van der Waals surface area (Å²) in [6.45, 7) is 4.29. The topological polar surface area (TPSA) is 70.6 Å². The lowest BCUT2D eigenvalue weighted by Crippen LogP contribution is -2.25. The molecular weight excluding hydrogens is 305 g/mol. The van der Waals surface area contributed by atoms with Crippen molar-refractivity contribution in [2.45, 2.75) is 32.8 Å². The Balaban J connectivity index is 2.08. The van der Waals surface area contributed by atoms with Gasteiger partial charge in [0.05, 0.1) is 12.6 Å². The maximum atomic E-state index is 12.9. The van der Waals surface area contributed by atoms with Gasteiger partial charge < -0.3 is 16.2 Å². The SMILES string of the molecule is CCc1cccc(CC)c1NC(N)=NCC(O)c1ccc(F)cc1. The van der Waals surface area contributed by atoms with Crippen LogP contribution in [-0.2, 0) is 12.8 Å². The molecule has 2 rings (SSSR count). The molecule has 0 spiro atoms. The van der Waals surface area contributed by atoms with Gasteiger partial charge in [-0.3, -0.25) is 4.99 Å². The molecule has 0 aromatic heterocycles. The molecule has 0 heterocycles. The molecule has 0 aliphatic rings. The molecule has 2 aromatic rings. The summed E-state index contributed by atoms with van der Waals surface area (Å²) in [5.41, 5.74) is 9.91. The lowest BCUT2D eigenvalue weighted by molar-refractivity contribution is 0.187. The van der Waals surface area contributed by atoms with E-state index in [-0.39, 0.29) is 18.3 Å². The van der Waals surface area contributed by atoms with Gasteiger partial charge in [0, 0.05) is 5.69 Å². The number of aliphatic hydroxyl groups excluding tert-OH is 1. The Hall–Kier alpha value is -2.40. The molecule has 0 radical (unpaired) electrons. The van der Waals surface area contributed by atoms with Gasteiger partial charge in [0.1, 0.15) is 5.82 Å². The number of rotatable bonds is 6. The molecule has 0 saturated heterocycles. The van der Waals surface area contributed by atoms with Crippen molar-refractivity contribution in [2.75, 3.05) is 11.9 Å². The zero-order valence-corrected chi connectivity index (χ0v) is 14.1. The Bertz CT molecular complexity index is 676. The van der Waals surface area contributed by atoms with Crippen LogP contribution in [0.25, 0.3) is 0 Å². The zero-order chi connectivity index (χ0) is 17.5. The van der Waals surface area contributed by atoms with Crippen molar-refractivity contribution in [2.24, 2.45) is 10.7 Å². The van der Waals surface area contributed by atoms with Crippen LogP contribution >= 0.6 is 0 Å². The smallest absolute Gasteiger partial charge is 0.193 e. The average molecular weight is 329 g/mol. The first-order chi connectivity index (χ1) is 11.5. The molecular formula is C19H24FN3O. The first kappa shape index (κ1) is 17.9. The summed E-state index contributed by atoms with van der Waals surface area (Å²) in [4.78, 5) is 4.21. The van der Waals surface area contributed by atoms with Gasteiger partial charge in [0.25, 0.3) is 0 Å². The normalized spacial score (nSPS) is 12.9. The minimum Gasteiger partial charge on any atom is -0.386 e. The van der Waals surface area contributed by atoms with Crippen LogP contribution in [0.1, 0.15) is 36.6 Å². The lowest BCUT2D eigenvalue weighted by Gasteiger charge is -2.15. The van der Waals surface area contributed by atoms with E-state index < -0.39 is 6.10 Å². The summed E-state index contributed by atoms with van der Waals surface area (Å²) in [5.74, 6) is -0.0781. The molecule has 128 valence electrons. The quantitative estimate of drug-likeness (QED) is 0.562. The van der Waals surface area contributed by atoms with Crippen LogP contribution in [0.3, 0.4) is 0 Å². The fourth-order valence-electron chi connectivity index (χ4n) is 2.55. The molecule has 24 heavy (non-hydrogen) atoms. The third-order valence-corrected chi connectivity index (χ3v) is 3.94. The minimum absolute atomic E-state index is 0.111. The highest BCUT2D eigenvalue weighted by atomic mass is 19.1. The fourth-order valence-corrected chi connectivity index (χ4v) is 2.55. The van der Waals surface area contributed by atoms with Gasteiger partial charge in [-0.1, -0.05) is 44.2 Å². The van der Waals surface area contributed by atoms with E-state index in [1.807, 2.05) is 6.07 Å². The molecule has 0 aliphatic carbocycles. The van der Waals surface area contributed by atoms with Gasteiger partial charge in [-0.15, -0.1) is 0 Å². The number of hydrogen-bond acceptors (Lipinski definition) is 2. The van der Waals surface area contributed by atoms with E-state index in [2.05, 4.69) is 36.3 Å². The highest BCUT2D eigenvalue weighted by molar-refractivity contribution is 5.93. The third kappa shape index (κ3) is 4.55. The average Bonchev–Trinajstić information content (AvgIpc) is 2.60. The summed E-state index contributed by atoms with van der Waals surface area (Å²) >= 11 is 0. The molecule has 0 saturated carbocycles. The van der Waals surface area contributed by atoms with Crippen LogP contribution < -0.4 is 11.1 Å². The molecule has 0 bridgehead atoms.